The summed E-state index contributed by atoms with van der Waals surface area (Å²) in [7, 11) is 6.70. The van der Waals surface area contributed by atoms with Crippen molar-refractivity contribution in [1.82, 2.24) is 4.90 Å². The van der Waals surface area contributed by atoms with Crippen LogP contribution in [0.1, 0.15) is 28.7 Å². The molecule has 0 radical (unpaired) electrons. The highest BCUT2D eigenvalue weighted by Gasteiger charge is 2.64. The first-order valence-electron chi connectivity index (χ1n) is 13.3. The van der Waals surface area contributed by atoms with Crippen LogP contribution in [0.15, 0.2) is 47.2 Å². The second kappa shape index (κ2) is 9.94. The molecule has 11 nitrogen and oxygen atoms in total. The van der Waals surface area contributed by atoms with E-state index in [0.717, 1.165) is 0 Å². The number of fused-ring (bicyclic) bond motifs is 3. The molecule has 3 aliphatic carbocycles. The molecule has 218 valence electrons. The van der Waals surface area contributed by atoms with E-state index >= 15 is 0 Å². The summed E-state index contributed by atoms with van der Waals surface area (Å²) in [5.41, 5.74) is 9.95. The maximum Gasteiger partial charge on any atom is 0.255 e. The number of aliphatic hydroxyl groups is 3. The second-order valence-electron chi connectivity index (χ2n) is 11.4. The van der Waals surface area contributed by atoms with E-state index in [1.54, 1.807) is 63.4 Å². The number of anilines is 2. The maximum atomic E-state index is 14.1. The van der Waals surface area contributed by atoms with Gasteiger partial charge in [0.1, 0.15) is 22.8 Å². The lowest BCUT2D eigenvalue weighted by Crippen LogP contribution is -2.65. The number of rotatable bonds is 3. The maximum absolute atomic E-state index is 14.1. The van der Waals surface area contributed by atoms with Gasteiger partial charge in [-0.15, -0.1) is 0 Å². The fourth-order valence-corrected chi connectivity index (χ4v) is 6.49. The van der Waals surface area contributed by atoms with Gasteiger partial charge in [0.25, 0.3) is 5.91 Å². The van der Waals surface area contributed by atoms with Gasteiger partial charge in [-0.1, -0.05) is 11.8 Å². The number of phenolic OH excluding ortho intramolecular Hbond substituents is 1. The number of nitrogens with zero attached hydrogens (tertiary/aromatic N) is 2. The number of Topliss-reactive ketones (excluding diaryl/α,β-unsaturated/α-hetero) is 2. The molecule has 0 spiro atoms. The van der Waals surface area contributed by atoms with E-state index in [0.29, 0.717) is 22.5 Å². The highest BCUT2D eigenvalue weighted by Crippen LogP contribution is 2.54. The van der Waals surface area contributed by atoms with Crippen molar-refractivity contribution in [1.29, 1.82) is 0 Å². The lowest BCUT2D eigenvalue weighted by molar-refractivity contribution is -0.153. The lowest BCUT2D eigenvalue weighted by atomic mass is 9.57. The largest absolute Gasteiger partial charge is 0.508 e. The van der Waals surface area contributed by atoms with Gasteiger partial charge in [-0.2, -0.15) is 0 Å². The van der Waals surface area contributed by atoms with Crippen LogP contribution >= 0.6 is 0 Å². The Morgan fingerprint density at radius 2 is 1.69 bits per heavy atom. The normalized spacial score (nSPS) is 25.0. The van der Waals surface area contributed by atoms with Crippen molar-refractivity contribution in [2.45, 2.75) is 24.5 Å². The highest BCUT2D eigenvalue weighted by molar-refractivity contribution is 6.24. The van der Waals surface area contributed by atoms with E-state index in [2.05, 4.69) is 11.8 Å². The van der Waals surface area contributed by atoms with E-state index in [9.17, 15) is 34.8 Å². The van der Waals surface area contributed by atoms with Crippen molar-refractivity contribution in [3.05, 3.63) is 69.5 Å². The van der Waals surface area contributed by atoms with Crippen LogP contribution in [0.4, 0.5) is 11.4 Å². The molecule has 0 aromatic heterocycles. The third-order valence-corrected chi connectivity index (χ3v) is 8.43. The van der Waals surface area contributed by atoms with Gasteiger partial charge >= 0.3 is 0 Å². The van der Waals surface area contributed by atoms with Crippen LogP contribution in [0.5, 0.6) is 5.75 Å². The number of ketones is 2. The molecule has 1 amide bonds. The van der Waals surface area contributed by atoms with Gasteiger partial charge in [0.05, 0.1) is 17.2 Å². The van der Waals surface area contributed by atoms with Crippen molar-refractivity contribution in [3.8, 4) is 17.6 Å². The number of likely N-dealkylation sites (N-methyl/N-ethyl adjacent to an activating group) is 1. The zero-order valence-electron chi connectivity index (χ0n) is 23.6. The number of benzene rings is 2. The number of aliphatic hydroxyl groups excluding tert-OH is 2. The molecule has 0 bridgehead atoms. The van der Waals surface area contributed by atoms with E-state index < -0.39 is 58.0 Å². The van der Waals surface area contributed by atoms with Crippen LogP contribution in [0.25, 0.3) is 5.76 Å². The number of carbonyl (C=O) groups excluding carboxylic acids is 3. The Morgan fingerprint density at radius 1 is 1.05 bits per heavy atom. The first kappa shape index (κ1) is 28.7. The number of primary amides is 1. The summed E-state index contributed by atoms with van der Waals surface area (Å²) in [5.74, 6) is -1.12. The Kier molecular flexibility index (Phi) is 6.80. The minimum atomic E-state index is -2.70. The van der Waals surface area contributed by atoms with Crippen molar-refractivity contribution < 1.29 is 34.8 Å². The molecule has 0 saturated heterocycles. The number of hydrogen-bond donors (Lipinski definition) is 6. The number of nitrogen functional groups attached to an aromatic ring is 1. The fraction of sp³-hybridized carbons (Fsp3) is 0.323. The van der Waals surface area contributed by atoms with Crippen LogP contribution in [0.2, 0.25) is 0 Å². The zero-order valence-corrected chi connectivity index (χ0v) is 23.6. The summed E-state index contributed by atoms with van der Waals surface area (Å²) in [6.07, 6.45) is 0.194. The molecule has 5 rings (SSSR count). The van der Waals surface area contributed by atoms with Gasteiger partial charge in [-0.05, 0) is 68.8 Å². The van der Waals surface area contributed by atoms with E-state index in [1.807, 2.05) is 0 Å². The van der Waals surface area contributed by atoms with Crippen LogP contribution in [-0.2, 0) is 20.8 Å². The molecule has 3 aliphatic rings. The third kappa shape index (κ3) is 4.10. The quantitative estimate of drug-likeness (QED) is 0.176. The van der Waals surface area contributed by atoms with Gasteiger partial charge in [-0.3, -0.25) is 19.3 Å². The van der Waals surface area contributed by atoms with Crippen LogP contribution < -0.4 is 16.4 Å². The van der Waals surface area contributed by atoms with Crippen LogP contribution in [0, 0.1) is 23.7 Å². The van der Waals surface area contributed by atoms with Crippen molar-refractivity contribution >= 4 is 34.6 Å². The van der Waals surface area contributed by atoms with Crippen LogP contribution in [-0.4, -0.2) is 82.6 Å². The average Bonchev–Trinajstić information content (AvgIpc) is 2.90. The molecular weight excluding hydrogens is 540 g/mol. The smallest absolute Gasteiger partial charge is 0.255 e. The number of amides is 1. The lowest BCUT2D eigenvalue weighted by Gasteiger charge is -2.50. The Balaban J connectivity index is 1.72. The van der Waals surface area contributed by atoms with Gasteiger partial charge in [0.15, 0.2) is 11.4 Å². The third-order valence-electron chi connectivity index (χ3n) is 8.43. The van der Waals surface area contributed by atoms with E-state index in [-0.39, 0.29) is 35.3 Å². The summed E-state index contributed by atoms with van der Waals surface area (Å²) >= 11 is 0. The van der Waals surface area contributed by atoms with Crippen molar-refractivity contribution in [3.63, 3.8) is 0 Å². The molecule has 2 aromatic rings. The Morgan fingerprint density at radius 3 is 2.26 bits per heavy atom. The Hall–Kier alpha value is -4.79. The summed E-state index contributed by atoms with van der Waals surface area (Å²) < 4.78 is 0. The van der Waals surface area contributed by atoms with Gasteiger partial charge in [-0.25, -0.2) is 0 Å². The fourth-order valence-electron chi connectivity index (χ4n) is 6.49. The first-order valence-corrected chi connectivity index (χ1v) is 13.3. The van der Waals surface area contributed by atoms with Gasteiger partial charge < -0.3 is 36.8 Å². The zero-order chi connectivity index (χ0) is 30.8. The molecule has 11 heteroatoms. The summed E-state index contributed by atoms with van der Waals surface area (Å²) in [6, 6.07) is 7.38. The molecule has 0 heterocycles. The molecule has 2 aromatic carbocycles. The number of hydrogen-bond acceptors (Lipinski definition) is 10. The Labute approximate surface area is 242 Å². The first-order chi connectivity index (χ1) is 19.7. The number of carbonyl (C=O) groups is 3. The minimum absolute atomic E-state index is 0.0120. The standard InChI is InChI=1S/C31H32N4O7/c1-34(2)20-13-15(8-5-14-6-9-17(32)10-7-14)25(36)22-18(20)11-16-12-19-24(35(3)4)27(38)23(30(33)41)29(40)31(19,42)28(39)21(16)26(22)37/h6-7,9-10,13,16,19,24,36-37,40,42H,11-12,32H2,1-4H3,(H2,33,41). The molecule has 1 fully saturated rings. The molecular formula is C31H32N4O7. The van der Waals surface area contributed by atoms with Crippen molar-refractivity contribution in [2.24, 2.45) is 17.6 Å². The SMILES string of the molecule is CN(C)c1cc(C#Cc2ccc(N)cc2)c(O)c2c1CC1CC3C(N(C)C)C(=O)C(C(N)=O)=C(O)C3(O)C(=O)C1=C2O. The Bertz CT molecular complexity index is 1680. The number of phenols is 1. The minimum Gasteiger partial charge on any atom is -0.508 e. The summed E-state index contributed by atoms with van der Waals surface area (Å²) in [5, 5.41) is 45.7. The molecule has 0 aliphatic heterocycles. The van der Waals surface area contributed by atoms with E-state index in [4.69, 9.17) is 11.5 Å². The predicted octanol–water partition coefficient (Wildman–Crippen LogP) is 1.01. The molecule has 1 saturated carbocycles. The van der Waals surface area contributed by atoms with Gasteiger partial charge in [0, 0.05) is 42.5 Å². The van der Waals surface area contributed by atoms with Crippen molar-refractivity contribution in [2.75, 3.05) is 38.8 Å². The molecule has 8 N–H and O–H groups in total. The highest BCUT2D eigenvalue weighted by atomic mass is 16.3. The second-order valence-corrected chi connectivity index (χ2v) is 11.4. The molecule has 4 atom stereocenters. The topological polar surface area (TPSA) is 191 Å². The predicted molar refractivity (Wildman–Crippen MR) is 155 cm³/mol. The average molecular weight is 573 g/mol. The number of aromatic hydroxyl groups is 1. The summed E-state index contributed by atoms with van der Waals surface area (Å²) in [6.45, 7) is 0. The van der Waals surface area contributed by atoms with Crippen LogP contribution in [0.3, 0.4) is 0 Å². The monoisotopic (exact) mass is 572 g/mol. The summed E-state index contributed by atoms with van der Waals surface area (Å²) in [4.78, 5) is 42.7. The van der Waals surface area contributed by atoms with Gasteiger partial charge in [0.2, 0.25) is 5.78 Å². The molecule has 42 heavy (non-hydrogen) atoms. The molecule has 4 unspecified atom stereocenters. The number of nitrogens with two attached hydrogens (primary N) is 2. The van der Waals surface area contributed by atoms with E-state index in [1.165, 1.54) is 4.90 Å².